The second-order valence-electron chi connectivity index (χ2n) is 13.9. The van der Waals surface area contributed by atoms with Crippen LogP contribution in [0.5, 0.6) is 0 Å². The largest absolute Gasteiger partial charge is 0.456 e. The Kier molecular flexibility index (Phi) is 6.86. The smallest absolute Gasteiger partial charge is 0.137 e. The maximum atomic E-state index is 6.76. The Balaban J connectivity index is 1.15. The molecule has 3 heterocycles. The molecule has 0 bridgehead atoms. The number of nitrogens with zero attached hydrogens (tertiary/aromatic N) is 2. The first-order valence-corrected chi connectivity index (χ1v) is 18.4. The minimum atomic E-state index is 0.852. The van der Waals surface area contributed by atoms with E-state index in [1.165, 1.54) is 33.0 Å². The third kappa shape index (κ3) is 4.87. The van der Waals surface area contributed by atoms with Crippen LogP contribution in [0.1, 0.15) is 0 Å². The zero-order valence-corrected chi connectivity index (χ0v) is 29.3. The molecule has 0 aliphatic carbocycles. The molecule has 0 saturated carbocycles. The van der Waals surface area contributed by atoms with E-state index < -0.39 is 0 Å². The van der Waals surface area contributed by atoms with Crippen LogP contribution in [0.2, 0.25) is 0 Å². The molecule has 252 valence electrons. The topological polar surface area (TPSA) is 31.0 Å². The maximum Gasteiger partial charge on any atom is 0.137 e. The molecule has 3 heteroatoms. The van der Waals surface area contributed by atoms with E-state index >= 15 is 0 Å². The fraction of sp³-hybridized carbons (Fsp3) is 0. The van der Waals surface area contributed by atoms with Crippen molar-refractivity contribution < 1.29 is 4.42 Å². The molecule has 0 aliphatic heterocycles. The standard InChI is InChI=1S/C51H32N2O/c1-4-13-33(14-5-1)36-23-26-40-41-27-24-37(34-15-6-2-7-16-34)30-48(41)53(47(40)29-36)38-25-28-43-50(31-38)54-49-22-12-20-42(51(43)49)44-32-46(35-17-8-3-9-18-35)52-45-21-11-10-19-39(44)45/h1-32H. The second kappa shape index (κ2) is 12.2. The highest BCUT2D eigenvalue weighted by Gasteiger charge is 2.19. The molecule has 0 saturated heterocycles. The van der Waals surface area contributed by atoms with Crippen molar-refractivity contribution in [2.45, 2.75) is 0 Å². The van der Waals surface area contributed by atoms with E-state index in [2.05, 4.69) is 193 Å². The third-order valence-electron chi connectivity index (χ3n) is 10.8. The molecule has 3 aromatic heterocycles. The summed E-state index contributed by atoms with van der Waals surface area (Å²) in [5.74, 6) is 0. The van der Waals surface area contributed by atoms with E-state index in [4.69, 9.17) is 9.40 Å². The van der Waals surface area contributed by atoms with E-state index in [1.54, 1.807) is 0 Å². The Morgan fingerprint density at radius 2 is 0.963 bits per heavy atom. The maximum absolute atomic E-state index is 6.76. The summed E-state index contributed by atoms with van der Waals surface area (Å²) in [5, 5.41) is 5.74. The third-order valence-corrected chi connectivity index (χ3v) is 10.8. The predicted molar refractivity (Wildman–Crippen MR) is 225 cm³/mol. The first kappa shape index (κ1) is 30.4. The number of hydrogen-bond donors (Lipinski definition) is 0. The summed E-state index contributed by atoms with van der Waals surface area (Å²) in [5.41, 5.74) is 15.1. The van der Waals surface area contributed by atoms with Crippen molar-refractivity contribution in [2.24, 2.45) is 0 Å². The minimum Gasteiger partial charge on any atom is -0.456 e. The first-order chi connectivity index (χ1) is 26.8. The van der Waals surface area contributed by atoms with E-state index in [0.717, 1.165) is 71.9 Å². The lowest BCUT2D eigenvalue weighted by molar-refractivity contribution is 0.668. The lowest BCUT2D eigenvalue weighted by atomic mass is 9.94. The molecule has 0 unspecified atom stereocenters. The Hall–Kier alpha value is -7.23. The van der Waals surface area contributed by atoms with Crippen molar-refractivity contribution >= 4 is 54.6 Å². The number of furan rings is 1. The van der Waals surface area contributed by atoms with Gasteiger partial charge in [0.05, 0.1) is 22.2 Å². The quantitative estimate of drug-likeness (QED) is 0.180. The lowest BCUT2D eigenvalue weighted by Crippen LogP contribution is -1.94. The molecule has 11 aromatic rings. The van der Waals surface area contributed by atoms with E-state index in [0.29, 0.717) is 0 Å². The average Bonchev–Trinajstić information content (AvgIpc) is 3.79. The van der Waals surface area contributed by atoms with E-state index in [1.807, 2.05) is 6.07 Å². The Labute approximate surface area is 312 Å². The summed E-state index contributed by atoms with van der Waals surface area (Å²) >= 11 is 0. The van der Waals surface area contributed by atoms with Crippen LogP contribution in [0.25, 0.3) is 105 Å². The highest BCUT2D eigenvalue weighted by molar-refractivity contribution is 6.16. The Morgan fingerprint density at radius 1 is 0.370 bits per heavy atom. The average molecular weight is 689 g/mol. The van der Waals surface area contributed by atoms with Gasteiger partial charge in [-0.25, -0.2) is 4.98 Å². The molecule has 3 nitrogen and oxygen atoms in total. The van der Waals surface area contributed by atoms with Gasteiger partial charge in [0.2, 0.25) is 0 Å². The molecule has 0 atom stereocenters. The van der Waals surface area contributed by atoms with Crippen LogP contribution in [-0.2, 0) is 0 Å². The molecular weight excluding hydrogens is 657 g/mol. The number of para-hydroxylation sites is 1. The second-order valence-corrected chi connectivity index (χ2v) is 13.9. The van der Waals surface area contributed by atoms with Crippen LogP contribution < -0.4 is 0 Å². The number of rotatable bonds is 5. The number of benzene rings is 8. The van der Waals surface area contributed by atoms with Crippen LogP contribution in [0, 0.1) is 0 Å². The zero-order valence-electron chi connectivity index (χ0n) is 29.3. The van der Waals surface area contributed by atoms with Gasteiger partial charge in [0, 0.05) is 44.2 Å². The van der Waals surface area contributed by atoms with Gasteiger partial charge in [-0.2, -0.15) is 0 Å². The summed E-state index contributed by atoms with van der Waals surface area (Å²) in [4.78, 5) is 5.08. The van der Waals surface area contributed by atoms with Crippen molar-refractivity contribution in [3.63, 3.8) is 0 Å². The van der Waals surface area contributed by atoms with Crippen LogP contribution in [-0.4, -0.2) is 9.55 Å². The molecule has 8 aromatic carbocycles. The molecule has 0 fully saturated rings. The molecular formula is C51H32N2O. The number of fused-ring (bicyclic) bond motifs is 7. The highest BCUT2D eigenvalue weighted by atomic mass is 16.3. The highest BCUT2D eigenvalue weighted by Crippen LogP contribution is 2.42. The van der Waals surface area contributed by atoms with E-state index in [9.17, 15) is 0 Å². The van der Waals surface area contributed by atoms with Crippen LogP contribution in [0.15, 0.2) is 199 Å². The normalized spacial score (nSPS) is 11.7. The predicted octanol–water partition coefficient (Wildman–Crippen LogP) is 13.9. The first-order valence-electron chi connectivity index (χ1n) is 18.4. The number of pyridine rings is 1. The summed E-state index contributed by atoms with van der Waals surface area (Å²) < 4.78 is 9.16. The zero-order chi connectivity index (χ0) is 35.6. The fourth-order valence-electron chi connectivity index (χ4n) is 8.25. The van der Waals surface area contributed by atoms with Gasteiger partial charge in [-0.05, 0) is 75.8 Å². The van der Waals surface area contributed by atoms with Crippen LogP contribution >= 0.6 is 0 Å². The van der Waals surface area contributed by atoms with Gasteiger partial charge in [0.15, 0.2) is 0 Å². The van der Waals surface area contributed by atoms with Gasteiger partial charge in [-0.15, -0.1) is 0 Å². The van der Waals surface area contributed by atoms with Crippen molar-refractivity contribution in [1.29, 1.82) is 0 Å². The van der Waals surface area contributed by atoms with Gasteiger partial charge >= 0.3 is 0 Å². The summed E-state index contributed by atoms with van der Waals surface area (Å²) in [6, 6.07) is 69.1. The molecule has 0 spiro atoms. The van der Waals surface area contributed by atoms with Gasteiger partial charge in [-0.3, -0.25) is 0 Å². The summed E-state index contributed by atoms with van der Waals surface area (Å²) in [7, 11) is 0. The Morgan fingerprint density at radius 3 is 1.63 bits per heavy atom. The SMILES string of the molecule is c1ccc(-c2ccc3c4ccc(-c5ccccc5)cc4n(-c4ccc5c(c4)oc4cccc(-c6cc(-c7ccccc7)nc7ccccc67)c45)c3c2)cc1. The Bertz CT molecular complexity index is 3100. The molecule has 0 N–H and O–H groups in total. The fourth-order valence-corrected chi connectivity index (χ4v) is 8.25. The minimum absolute atomic E-state index is 0.852. The molecule has 54 heavy (non-hydrogen) atoms. The van der Waals surface area contributed by atoms with E-state index in [-0.39, 0.29) is 0 Å². The molecule has 0 radical (unpaired) electrons. The lowest BCUT2D eigenvalue weighted by Gasteiger charge is -2.12. The summed E-state index contributed by atoms with van der Waals surface area (Å²) in [6.07, 6.45) is 0. The van der Waals surface area contributed by atoms with Crippen LogP contribution in [0.3, 0.4) is 0 Å². The molecule has 0 amide bonds. The van der Waals surface area contributed by atoms with Crippen molar-refractivity contribution in [2.75, 3.05) is 0 Å². The number of hydrogen-bond acceptors (Lipinski definition) is 2. The molecule has 11 rings (SSSR count). The van der Waals surface area contributed by atoms with Gasteiger partial charge in [-0.1, -0.05) is 146 Å². The van der Waals surface area contributed by atoms with Gasteiger partial charge < -0.3 is 8.98 Å². The van der Waals surface area contributed by atoms with Gasteiger partial charge in [0.1, 0.15) is 11.2 Å². The monoisotopic (exact) mass is 688 g/mol. The van der Waals surface area contributed by atoms with Crippen molar-refractivity contribution in [3.05, 3.63) is 194 Å². The van der Waals surface area contributed by atoms with Crippen molar-refractivity contribution in [3.8, 4) is 50.3 Å². The number of aromatic nitrogens is 2. The van der Waals surface area contributed by atoms with Gasteiger partial charge in [0.25, 0.3) is 0 Å². The molecule has 0 aliphatic rings. The summed E-state index contributed by atoms with van der Waals surface area (Å²) in [6.45, 7) is 0. The van der Waals surface area contributed by atoms with Crippen LogP contribution in [0.4, 0.5) is 0 Å². The van der Waals surface area contributed by atoms with Crippen molar-refractivity contribution in [1.82, 2.24) is 9.55 Å².